The van der Waals surface area contributed by atoms with E-state index in [4.69, 9.17) is 9.47 Å². The maximum Gasteiger partial charge on any atom is 0.254 e. The number of methoxy groups -OCH3 is 1. The molecular weight excluding hydrogens is 422 g/mol. The fourth-order valence-electron chi connectivity index (χ4n) is 4.41. The lowest BCUT2D eigenvalue weighted by molar-refractivity contribution is -0.116. The van der Waals surface area contributed by atoms with Gasteiger partial charge in [-0.2, -0.15) is 0 Å². The van der Waals surface area contributed by atoms with Crippen molar-refractivity contribution in [3.05, 3.63) is 64.7 Å². The molecule has 156 valence electrons. The number of ether oxygens (including phenoxy) is 2. The van der Waals surface area contributed by atoms with E-state index in [0.717, 1.165) is 21.2 Å². The zero-order valence-electron chi connectivity index (χ0n) is 16.5. The van der Waals surface area contributed by atoms with Crippen LogP contribution in [-0.4, -0.2) is 29.9 Å². The molecule has 5 nitrogen and oxygen atoms in total. The van der Waals surface area contributed by atoms with Crippen molar-refractivity contribution in [3.63, 3.8) is 0 Å². The third-order valence-electron chi connectivity index (χ3n) is 5.90. The Morgan fingerprint density at radius 1 is 1.16 bits per heavy atom. The van der Waals surface area contributed by atoms with Gasteiger partial charge in [0.2, 0.25) is 0 Å². The first-order valence-corrected chi connectivity index (χ1v) is 10.5. The summed E-state index contributed by atoms with van der Waals surface area (Å²) in [5, 5.41) is 6.22. The number of hydrogen-bond donors (Lipinski definition) is 1. The Balaban J connectivity index is 1.68. The van der Waals surface area contributed by atoms with Gasteiger partial charge in [-0.15, -0.1) is 11.3 Å². The smallest absolute Gasteiger partial charge is 0.254 e. The molecule has 2 unspecified atom stereocenters. The number of nitrogens with zero attached hydrogens (tertiary/aromatic N) is 1. The molecule has 6 rings (SSSR count). The summed E-state index contributed by atoms with van der Waals surface area (Å²) >= 11 is 1.49. The van der Waals surface area contributed by atoms with Crippen LogP contribution in [-0.2, 0) is 16.6 Å². The number of thiophene rings is 1. The quantitative estimate of drug-likeness (QED) is 0.481. The number of benzene rings is 2. The Bertz CT molecular complexity index is 1450. The van der Waals surface area contributed by atoms with Crippen LogP contribution in [0.3, 0.4) is 0 Å². The van der Waals surface area contributed by atoms with Crippen molar-refractivity contribution in [1.82, 2.24) is 9.88 Å². The van der Waals surface area contributed by atoms with Crippen LogP contribution in [0, 0.1) is 11.6 Å². The van der Waals surface area contributed by atoms with Crippen LogP contribution in [0.15, 0.2) is 41.9 Å². The van der Waals surface area contributed by atoms with Crippen molar-refractivity contribution in [2.24, 2.45) is 7.05 Å². The highest BCUT2D eigenvalue weighted by atomic mass is 32.1. The number of amides is 1. The topological polar surface area (TPSA) is 55.8 Å². The zero-order valence-corrected chi connectivity index (χ0v) is 17.3. The first-order valence-electron chi connectivity index (χ1n) is 9.67. The highest BCUT2D eigenvalue weighted by Crippen LogP contribution is 2.47. The Hall–Kier alpha value is -3.23. The fraction of sp³-hybridized carbons (Fsp3) is 0.174. The van der Waals surface area contributed by atoms with E-state index in [9.17, 15) is 13.6 Å². The molecule has 4 heterocycles. The van der Waals surface area contributed by atoms with Gasteiger partial charge >= 0.3 is 0 Å². The molecule has 8 heteroatoms. The zero-order chi connectivity index (χ0) is 21.4. The lowest BCUT2D eigenvalue weighted by Gasteiger charge is -2.17. The number of carbonyl (C=O) groups excluding carboxylic acids is 1. The number of carbonyl (C=O) groups is 1. The maximum atomic E-state index is 14.3. The van der Waals surface area contributed by atoms with E-state index >= 15 is 0 Å². The van der Waals surface area contributed by atoms with E-state index in [-0.39, 0.29) is 23.6 Å². The van der Waals surface area contributed by atoms with Crippen molar-refractivity contribution in [2.45, 2.75) is 12.3 Å². The van der Waals surface area contributed by atoms with Gasteiger partial charge in [-0.25, -0.2) is 8.78 Å². The summed E-state index contributed by atoms with van der Waals surface area (Å²) in [6.07, 6.45) is 1.10. The van der Waals surface area contributed by atoms with Crippen molar-refractivity contribution >= 4 is 49.4 Å². The third kappa shape index (κ3) is 2.65. The molecule has 1 N–H and O–H groups in total. The summed E-state index contributed by atoms with van der Waals surface area (Å²) < 4.78 is 41.9. The molecule has 2 atom stereocenters. The van der Waals surface area contributed by atoms with Crippen LogP contribution in [0.4, 0.5) is 8.78 Å². The van der Waals surface area contributed by atoms with Gasteiger partial charge in [0.15, 0.2) is 17.8 Å². The lowest BCUT2D eigenvalue weighted by Crippen LogP contribution is -2.33. The van der Waals surface area contributed by atoms with Crippen LogP contribution in [0.2, 0.25) is 0 Å². The molecule has 1 fully saturated rings. The van der Waals surface area contributed by atoms with E-state index in [1.54, 1.807) is 29.9 Å². The van der Waals surface area contributed by atoms with Gasteiger partial charge in [0.1, 0.15) is 11.9 Å². The summed E-state index contributed by atoms with van der Waals surface area (Å²) in [6.45, 7) is 0. The van der Waals surface area contributed by atoms with Gasteiger partial charge in [-0.05, 0) is 35.2 Å². The molecule has 4 aromatic rings. The number of halogens is 2. The number of nitrogens with one attached hydrogen (secondary N) is 1. The highest BCUT2D eigenvalue weighted by molar-refractivity contribution is 7.17. The van der Waals surface area contributed by atoms with Gasteiger partial charge < -0.3 is 19.4 Å². The molecule has 0 aliphatic carbocycles. The monoisotopic (exact) mass is 438 g/mol. The molecule has 2 aromatic carbocycles. The average molecular weight is 438 g/mol. The SMILES string of the molecule is COc1cc2c(C3=C(c4csc5ccc(F)cc45)C4OC4NC3=O)cn(C)c2cc1F. The first-order chi connectivity index (χ1) is 15.0. The van der Waals surface area contributed by atoms with Crippen molar-refractivity contribution < 1.29 is 23.0 Å². The minimum atomic E-state index is -0.477. The summed E-state index contributed by atoms with van der Waals surface area (Å²) in [5.41, 5.74) is 3.23. The highest BCUT2D eigenvalue weighted by Gasteiger charge is 2.50. The van der Waals surface area contributed by atoms with Crippen molar-refractivity contribution in [2.75, 3.05) is 7.11 Å². The molecule has 0 bridgehead atoms. The molecular formula is C23H16F2N2O3S. The molecule has 2 aliphatic heterocycles. The van der Waals surface area contributed by atoms with E-state index in [2.05, 4.69) is 5.32 Å². The number of fused-ring (bicyclic) bond motifs is 3. The second-order valence-corrected chi connectivity index (χ2v) is 8.60. The molecule has 2 aliphatic rings. The minimum absolute atomic E-state index is 0.0990. The van der Waals surface area contributed by atoms with Gasteiger partial charge in [0.25, 0.3) is 5.91 Å². The predicted molar refractivity (Wildman–Crippen MR) is 115 cm³/mol. The molecule has 0 spiro atoms. The average Bonchev–Trinajstić information content (AvgIpc) is 3.29. The summed E-state index contributed by atoms with van der Waals surface area (Å²) in [6, 6.07) is 7.64. The Labute approximate surface area is 179 Å². The van der Waals surface area contributed by atoms with E-state index in [0.29, 0.717) is 22.0 Å². The van der Waals surface area contributed by atoms with Gasteiger partial charge in [0.05, 0.1) is 18.2 Å². The second kappa shape index (κ2) is 6.38. The number of epoxide rings is 1. The fourth-order valence-corrected chi connectivity index (χ4v) is 5.35. The molecule has 0 radical (unpaired) electrons. The molecule has 0 saturated carbocycles. The Morgan fingerprint density at radius 2 is 2.00 bits per heavy atom. The summed E-state index contributed by atoms with van der Waals surface area (Å²) in [5.74, 6) is -0.995. The molecule has 31 heavy (non-hydrogen) atoms. The Kier molecular flexibility index (Phi) is 3.82. The van der Waals surface area contributed by atoms with Crippen LogP contribution < -0.4 is 10.1 Å². The van der Waals surface area contributed by atoms with Crippen molar-refractivity contribution in [3.8, 4) is 5.75 Å². The Morgan fingerprint density at radius 3 is 2.81 bits per heavy atom. The number of hydrogen-bond acceptors (Lipinski definition) is 4. The van der Waals surface area contributed by atoms with Crippen LogP contribution >= 0.6 is 11.3 Å². The lowest BCUT2D eigenvalue weighted by atomic mass is 9.89. The number of aromatic nitrogens is 1. The van der Waals surface area contributed by atoms with E-state index < -0.39 is 12.0 Å². The largest absolute Gasteiger partial charge is 0.494 e. The molecule has 2 aromatic heterocycles. The normalized spacial score (nSPS) is 20.3. The second-order valence-electron chi connectivity index (χ2n) is 7.69. The third-order valence-corrected chi connectivity index (χ3v) is 6.87. The standard InChI is InChI=1S/C23H16F2N2O3S/c1-27-8-13(11-6-17(29-2)15(25)7-16(11)27)20-19(21-23(30-21)26-22(20)28)14-9-31-18-4-3-10(24)5-12(14)18/h3-9,21,23H,1-2H3,(H,26,28). The first kappa shape index (κ1) is 18.5. The molecule has 1 saturated heterocycles. The number of aryl methyl sites for hydroxylation is 1. The minimum Gasteiger partial charge on any atom is -0.494 e. The van der Waals surface area contributed by atoms with E-state index in [1.165, 1.54) is 36.6 Å². The van der Waals surface area contributed by atoms with Crippen molar-refractivity contribution in [1.29, 1.82) is 0 Å². The maximum absolute atomic E-state index is 14.3. The van der Waals surface area contributed by atoms with Crippen LogP contribution in [0.1, 0.15) is 11.1 Å². The summed E-state index contributed by atoms with van der Waals surface area (Å²) in [4.78, 5) is 13.2. The number of rotatable bonds is 3. The van der Waals surface area contributed by atoms with Gasteiger partial charge in [0, 0.05) is 45.9 Å². The predicted octanol–water partition coefficient (Wildman–Crippen LogP) is 4.45. The summed E-state index contributed by atoms with van der Waals surface area (Å²) in [7, 11) is 3.20. The van der Waals surface area contributed by atoms with Gasteiger partial charge in [-0.1, -0.05) is 0 Å². The van der Waals surface area contributed by atoms with Crippen LogP contribution in [0.25, 0.3) is 32.1 Å². The van der Waals surface area contributed by atoms with Crippen LogP contribution in [0.5, 0.6) is 5.75 Å². The van der Waals surface area contributed by atoms with Gasteiger partial charge in [-0.3, -0.25) is 4.79 Å². The molecule has 1 amide bonds. The van der Waals surface area contributed by atoms with E-state index in [1.807, 2.05) is 5.38 Å².